The summed E-state index contributed by atoms with van der Waals surface area (Å²) in [6.45, 7) is 3.84. The third-order valence-corrected chi connectivity index (χ3v) is 5.96. The Labute approximate surface area is 143 Å². The predicted molar refractivity (Wildman–Crippen MR) is 90.9 cm³/mol. The fourth-order valence-electron chi connectivity index (χ4n) is 3.79. The summed E-state index contributed by atoms with van der Waals surface area (Å²) in [5, 5.41) is 0.811. The number of hydrogen-bond acceptors (Lipinski definition) is 4. The van der Waals surface area contributed by atoms with E-state index in [1.807, 2.05) is 12.1 Å². The van der Waals surface area contributed by atoms with Gasteiger partial charge in [-0.1, -0.05) is 0 Å². The number of fused-ring (bicyclic) bond motifs is 3. The molecule has 2 aliphatic heterocycles. The van der Waals surface area contributed by atoms with Crippen molar-refractivity contribution < 1.29 is 14.3 Å². The average molecular weight is 379 g/mol. The van der Waals surface area contributed by atoms with Crippen molar-refractivity contribution in [2.45, 2.75) is 12.8 Å². The molecule has 2 aliphatic rings. The fraction of sp³-hybridized carbons (Fsp3) is 0.471. The molecule has 122 valence electrons. The molecule has 0 atom stereocenters. The number of ether oxygens (including phenoxy) is 2. The number of nitrogens with zero attached hydrogens (tertiary/aromatic N) is 1. The number of esters is 1. The molecule has 0 saturated carbocycles. The highest BCUT2D eigenvalue weighted by Gasteiger charge is 2.44. The van der Waals surface area contributed by atoms with Crippen LogP contribution in [0.4, 0.5) is 0 Å². The van der Waals surface area contributed by atoms with Gasteiger partial charge < -0.3 is 19.4 Å². The number of methoxy groups -OCH3 is 1. The van der Waals surface area contributed by atoms with Crippen LogP contribution in [-0.4, -0.2) is 49.2 Å². The lowest BCUT2D eigenvalue weighted by Crippen LogP contribution is -2.27. The Bertz CT molecular complexity index is 763. The van der Waals surface area contributed by atoms with E-state index in [0.29, 0.717) is 17.9 Å². The van der Waals surface area contributed by atoms with Crippen molar-refractivity contribution in [1.82, 2.24) is 9.88 Å². The van der Waals surface area contributed by atoms with E-state index in [0.717, 1.165) is 47.9 Å². The van der Waals surface area contributed by atoms with Gasteiger partial charge in [0.1, 0.15) is 5.75 Å². The largest absolute Gasteiger partial charge is 0.496 e. The lowest BCUT2D eigenvalue weighted by atomic mass is 9.86. The minimum atomic E-state index is -0.273. The Morgan fingerprint density at radius 1 is 1.39 bits per heavy atom. The van der Waals surface area contributed by atoms with Gasteiger partial charge in [0, 0.05) is 29.1 Å². The summed E-state index contributed by atoms with van der Waals surface area (Å²) in [4.78, 5) is 18.2. The summed E-state index contributed by atoms with van der Waals surface area (Å²) >= 11 is 3.53. The molecule has 6 heteroatoms. The number of H-pyrrole nitrogens is 1. The van der Waals surface area contributed by atoms with Gasteiger partial charge in [-0.05, 0) is 54.0 Å². The van der Waals surface area contributed by atoms with E-state index >= 15 is 0 Å². The van der Waals surface area contributed by atoms with E-state index in [-0.39, 0.29) is 11.4 Å². The normalized spacial score (nSPS) is 25.9. The van der Waals surface area contributed by atoms with Gasteiger partial charge in [0.15, 0.2) is 0 Å². The maximum atomic E-state index is 12.6. The van der Waals surface area contributed by atoms with Gasteiger partial charge in [-0.2, -0.15) is 0 Å². The van der Waals surface area contributed by atoms with Gasteiger partial charge >= 0.3 is 5.97 Å². The van der Waals surface area contributed by atoms with Crippen LogP contribution in [0.2, 0.25) is 0 Å². The summed E-state index contributed by atoms with van der Waals surface area (Å²) in [5.41, 5.74) is 1.61. The van der Waals surface area contributed by atoms with E-state index in [4.69, 9.17) is 9.47 Å². The summed E-state index contributed by atoms with van der Waals surface area (Å²) in [6.07, 6.45) is 3.97. The van der Waals surface area contributed by atoms with Crippen molar-refractivity contribution in [2.75, 3.05) is 33.4 Å². The smallest absolute Gasteiger partial charge is 0.340 e. The standard InChI is InChI=1S/C17H19BrN2O3/c1-22-13-3-2-12-14(15(13)18)11(8-19-12)16(21)23-10-17-4-6-20(9-17)7-5-17/h2-3,8,19H,4-7,9-10H2,1H3. The van der Waals surface area contributed by atoms with Crippen LogP contribution in [0.5, 0.6) is 5.75 Å². The zero-order valence-electron chi connectivity index (χ0n) is 13.0. The summed E-state index contributed by atoms with van der Waals surface area (Å²) in [7, 11) is 1.61. The number of rotatable bonds is 4. The molecule has 1 N–H and O–H groups in total. The molecule has 2 bridgehead atoms. The fourth-order valence-corrected chi connectivity index (χ4v) is 4.51. The third kappa shape index (κ3) is 2.44. The second kappa shape index (κ2) is 5.53. The van der Waals surface area contributed by atoms with E-state index in [1.54, 1.807) is 13.3 Å². The molecular weight excluding hydrogens is 360 g/mol. The molecule has 1 aromatic heterocycles. The third-order valence-electron chi connectivity index (χ3n) is 5.17. The molecule has 0 unspecified atom stereocenters. The van der Waals surface area contributed by atoms with E-state index in [1.165, 1.54) is 0 Å². The van der Waals surface area contributed by atoms with E-state index < -0.39 is 0 Å². The van der Waals surface area contributed by atoms with Crippen LogP contribution in [0.1, 0.15) is 23.2 Å². The molecular formula is C17H19BrN2O3. The molecule has 0 spiro atoms. The van der Waals surface area contributed by atoms with Gasteiger partial charge in [0.25, 0.3) is 0 Å². The second-order valence-corrected chi connectivity index (χ2v) is 7.35. The molecule has 2 fully saturated rings. The van der Waals surface area contributed by atoms with Crippen LogP contribution in [-0.2, 0) is 4.74 Å². The molecule has 5 nitrogen and oxygen atoms in total. The van der Waals surface area contributed by atoms with Gasteiger partial charge in [-0.3, -0.25) is 0 Å². The highest BCUT2D eigenvalue weighted by molar-refractivity contribution is 9.10. The first-order valence-corrected chi connectivity index (χ1v) is 8.64. The molecule has 0 radical (unpaired) electrons. The van der Waals surface area contributed by atoms with E-state index in [2.05, 4.69) is 25.8 Å². The predicted octanol–water partition coefficient (Wildman–Crippen LogP) is 3.19. The lowest BCUT2D eigenvalue weighted by molar-refractivity contribution is 0.0326. The van der Waals surface area contributed by atoms with Gasteiger partial charge in [0.05, 0.1) is 23.8 Å². The summed E-state index contributed by atoms with van der Waals surface area (Å²) < 4.78 is 11.8. The second-order valence-electron chi connectivity index (χ2n) is 6.56. The Kier molecular flexibility index (Phi) is 3.61. The number of hydrogen-bond donors (Lipinski definition) is 1. The molecule has 2 saturated heterocycles. The van der Waals surface area contributed by atoms with Gasteiger partial charge in [-0.25, -0.2) is 4.79 Å². The Morgan fingerprint density at radius 2 is 2.17 bits per heavy atom. The number of aromatic nitrogens is 1. The minimum Gasteiger partial charge on any atom is -0.496 e. The lowest BCUT2D eigenvalue weighted by Gasteiger charge is -2.24. The van der Waals surface area contributed by atoms with Crippen molar-refractivity contribution in [2.24, 2.45) is 5.41 Å². The molecule has 0 amide bonds. The van der Waals surface area contributed by atoms with Crippen molar-refractivity contribution in [1.29, 1.82) is 0 Å². The molecule has 1 aromatic carbocycles. The van der Waals surface area contributed by atoms with Crippen molar-refractivity contribution in [3.63, 3.8) is 0 Å². The maximum absolute atomic E-state index is 12.6. The highest BCUT2D eigenvalue weighted by atomic mass is 79.9. The SMILES string of the molecule is COc1ccc2[nH]cc(C(=O)OCC34CCN(CC3)C4)c2c1Br. The Balaban J connectivity index is 1.57. The van der Waals surface area contributed by atoms with Crippen LogP contribution in [0.25, 0.3) is 10.9 Å². The minimum absolute atomic E-state index is 0.177. The first kappa shape index (κ1) is 15.0. The summed E-state index contributed by atoms with van der Waals surface area (Å²) in [5.74, 6) is 0.428. The first-order chi connectivity index (χ1) is 11.1. The average Bonchev–Trinajstić information content (AvgIpc) is 3.27. The van der Waals surface area contributed by atoms with Crippen LogP contribution in [0.3, 0.4) is 0 Å². The van der Waals surface area contributed by atoms with Crippen molar-refractivity contribution >= 4 is 32.8 Å². The van der Waals surface area contributed by atoms with Crippen molar-refractivity contribution in [3.05, 3.63) is 28.4 Å². The Morgan fingerprint density at radius 3 is 2.83 bits per heavy atom. The molecule has 0 aliphatic carbocycles. The molecule has 23 heavy (non-hydrogen) atoms. The number of carbonyl (C=O) groups excluding carboxylic acids is 1. The topological polar surface area (TPSA) is 54.6 Å². The zero-order valence-corrected chi connectivity index (χ0v) is 14.6. The Hall–Kier alpha value is -1.53. The van der Waals surface area contributed by atoms with Crippen LogP contribution in [0, 0.1) is 5.41 Å². The van der Waals surface area contributed by atoms with Gasteiger partial charge in [-0.15, -0.1) is 0 Å². The number of aromatic amines is 1. The molecule has 4 rings (SSSR count). The number of nitrogens with one attached hydrogen (secondary N) is 1. The maximum Gasteiger partial charge on any atom is 0.340 e. The number of benzene rings is 1. The highest BCUT2D eigenvalue weighted by Crippen LogP contribution is 2.41. The zero-order chi connectivity index (χ0) is 16.0. The monoisotopic (exact) mass is 378 g/mol. The van der Waals surface area contributed by atoms with Gasteiger partial charge in [0.2, 0.25) is 0 Å². The first-order valence-electron chi connectivity index (χ1n) is 7.85. The van der Waals surface area contributed by atoms with Crippen molar-refractivity contribution in [3.8, 4) is 5.75 Å². The molecule has 2 aromatic rings. The summed E-state index contributed by atoms with van der Waals surface area (Å²) in [6, 6.07) is 3.77. The van der Waals surface area contributed by atoms with Crippen LogP contribution in [0.15, 0.2) is 22.8 Å². The number of piperidine rings is 1. The molecule has 3 heterocycles. The van der Waals surface area contributed by atoms with E-state index in [9.17, 15) is 4.79 Å². The number of halogens is 1. The number of carbonyl (C=O) groups is 1. The van der Waals surface area contributed by atoms with Crippen LogP contribution >= 0.6 is 15.9 Å². The van der Waals surface area contributed by atoms with Crippen LogP contribution < -0.4 is 4.74 Å². The quantitative estimate of drug-likeness (QED) is 0.830.